The van der Waals surface area contributed by atoms with Crippen LogP contribution in [0.2, 0.25) is 0 Å². The molecule has 1 N–H and O–H groups in total. The van der Waals surface area contributed by atoms with Crippen molar-refractivity contribution in [2.24, 2.45) is 0 Å². The first-order chi connectivity index (χ1) is 7.22. The summed E-state index contributed by atoms with van der Waals surface area (Å²) in [6.45, 7) is 0. The first kappa shape index (κ1) is 13.3. The molecular weight excluding hydrogens is 365 g/mol. The largest absolute Gasteiger partial charge is 0.573 e. The Hall–Kier alpha value is -0.770. The summed E-state index contributed by atoms with van der Waals surface area (Å²) < 4.78 is 39.2. The van der Waals surface area contributed by atoms with Crippen molar-refractivity contribution in [2.45, 2.75) is 6.36 Å². The number of pyridine rings is 1. The minimum absolute atomic E-state index is 0.0591. The molecule has 0 saturated carbocycles. The molecular formula is C7H2ClF3INO3. The number of aromatic hydroxyl groups is 1. The zero-order valence-electron chi connectivity index (χ0n) is 7.18. The quantitative estimate of drug-likeness (QED) is 0.496. The molecule has 0 atom stereocenters. The molecule has 0 saturated heterocycles. The maximum atomic E-state index is 11.9. The van der Waals surface area contributed by atoms with Crippen LogP contribution in [0, 0.1) is 3.70 Å². The maximum absolute atomic E-state index is 11.9. The molecule has 0 amide bonds. The van der Waals surface area contributed by atoms with Gasteiger partial charge in [-0.1, -0.05) is 0 Å². The van der Waals surface area contributed by atoms with Crippen LogP contribution >= 0.6 is 34.2 Å². The van der Waals surface area contributed by atoms with Gasteiger partial charge in [0, 0.05) is 0 Å². The van der Waals surface area contributed by atoms with Gasteiger partial charge >= 0.3 is 6.36 Å². The van der Waals surface area contributed by atoms with Crippen molar-refractivity contribution in [1.82, 2.24) is 4.98 Å². The first-order valence-corrected chi connectivity index (χ1v) is 5.01. The minimum atomic E-state index is -5.00. The predicted octanol–water partition coefficient (Wildman–Crippen LogP) is 2.67. The maximum Gasteiger partial charge on any atom is 0.573 e. The molecule has 1 heterocycles. The lowest BCUT2D eigenvalue weighted by Gasteiger charge is -2.12. The van der Waals surface area contributed by atoms with Crippen molar-refractivity contribution < 1.29 is 27.8 Å². The fourth-order valence-corrected chi connectivity index (χ4v) is 1.44. The molecule has 0 unspecified atom stereocenters. The molecule has 0 aliphatic carbocycles. The van der Waals surface area contributed by atoms with Crippen molar-refractivity contribution in [3.05, 3.63) is 15.5 Å². The second-order valence-corrected chi connectivity index (χ2v) is 3.82. The molecule has 4 nitrogen and oxygen atoms in total. The van der Waals surface area contributed by atoms with E-state index >= 15 is 0 Å². The molecule has 0 aliphatic rings. The van der Waals surface area contributed by atoms with Crippen LogP contribution in [-0.2, 0) is 0 Å². The first-order valence-electron chi connectivity index (χ1n) is 3.55. The standard InChI is InChI=1S/C7H2ClF3INO3/c8-5(15)3-2(16-7(9,10)11)1-13-6(12)4(3)14/h1,14H. The highest BCUT2D eigenvalue weighted by atomic mass is 127. The van der Waals surface area contributed by atoms with E-state index in [0.717, 1.165) is 0 Å². The molecule has 0 radical (unpaired) electrons. The normalized spacial score (nSPS) is 11.3. The van der Waals surface area contributed by atoms with Crippen LogP contribution in [0.15, 0.2) is 6.20 Å². The number of alkyl halides is 3. The summed E-state index contributed by atoms with van der Waals surface area (Å²) >= 11 is 6.57. The average molecular weight is 367 g/mol. The van der Waals surface area contributed by atoms with Crippen molar-refractivity contribution in [2.75, 3.05) is 0 Å². The number of hydrogen-bond donors (Lipinski definition) is 1. The summed E-state index contributed by atoms with van der Waals surface area (Å²) in [7, 11) is 0. The highest BCUT2D eigenvalue weighted by Crippen LogP contribution is 2.34. The Morgan fingerprint density at radius 3 is 2.56 bits per heavy atom. The van der Waals surface area contributed by atoms with Crippen LogP contribution in [0.25, 0.3) is 0 Å². The molecule has 1 rings (SSSR count). The van der Waals surface area contributed by atoms with Crippen molar-refractivity contribution >= 4 is 39.4 Å². The second kappa shape index (κ2) is 4.62. The van der Waals surface area contributed by atoms with Gasteiger partial charge in [-0.05, 0) is 34.2 Å². The smallest absolute Gasteiger partial charge is 0.504 e. The molecule has 9 heteroatoms. The lowest BCUT2D eigenvalue weighted by atomic mass is 10.2. The van der Waals surface area contributed by atoms with Gasteiger partial charge in [0.15, 0.2) is 11.5 Å². The number of carbonyl (C=O) groups is 1. The van der Waals surface area contributed by atoms with Gasteiger partial charge in [0.25, 0.3) is 5.24 Å². The van der Waals surface area contributed by atoms with Crippen LogP contribution < -0.4 is 4.74 Å². The van der Waals surface area contributed by atoms with E-state index in [9.17, 15) is 23.1 Å². The number of ether oxygens (including phenoxy) is 1. The van der Waals surface area contributed by atoms with Crippen LogP contribution in [0.4, 0.5) is 13.2 Å². The summed E-state index contributed by atoms with van der Waals surface area (Å²) in [5.74, 6) is -1.69. The van der Waals surface area contributed by atoms with E-state index in [4.69, 9.17) is 11.6 Å². The third-order valence-corrected chi connectivity index (χ3v) is 2.37. The zero-order valence-corrected chi connectivity index (χ0v) is 10.1. The van der Waals surface area contributed by atoms with Gasteiger partial charge in [-0.3, -0.25) is 4.79 Å². The van der Waals surface area contributed by atoms with Crippen molar-refractivity contribution in [3.63, 3.8) is 0 Å². The van der Waals surface area contributed by atoms with Gasteiger partial charge in [-0.25, -0.2) is 4.98 Å². The third kappa shape index (κ3) is 3.11. The van der Waals surface area contributed by atoms with Gasteiger partial charge in [-0.2, -0.15) is 0 Å². The van der Waals surface area contributed by atoms with Crippen LogP contribution in [0.1, 0.15) is 10.4 Å². The van der Waals surface area contributed by atoms with E-state index in [-0.39, 0.29) is 3.70 Å². The molecule has 88 valence electrons. The Morgan fingerprint density at radius 2 is 2.12 bits per heavy atom. The fraction of sp³-hybridized carbons (Fsp3) is 0.143. The van der Waals surface area contributed by atoms with Crippen LogP contribution in [-0.4, -0.2) is 21.7 Å². The van der Waals surface area contributed by atoms with E-state index in [1.807, 2.05) is 0 Å². The Morgan fingerprint density at radius 1 is 1.56 bits per heavy atom. The number of rotatable bonds is 2. The monoisotopic (exact) mass is 367 g/mol. The Bertz CT molecular complexity index is 438. The highest BCUT2D eigenvalue weighted by Gasteiger charge is 2.34. The van der Waals surface area contributed by atoms with Gasteiger partial charge in [-0.15, -0.1) is 13.2 Å². The zero-order chi connectivity index (χ0) is 12.5. The highest BCUT2D eigenvalue weighted by molar-refractivity contribution is 14.1. The number of aromatic nitrogens is 1. The summed E-state index contributed by atoms with van der Waals surface area (Å²) in [6, 6.07) is 0. The van der Waals surface area contributed by atoms with E-state index in [1.54, 1.807) is 0 Å². The molecule has 0 bridgehead atoms. The number of hydrogen-bond acceptors (Lipinski definition) is 4. The van der Waals surface area contributed by atoms with Gasteiger partial charge in [0.1, 0.15) is 9.26 Å². The summed E-state index contributed by atoms with van der Waals surface area (Å²) in [5, 5.41) is 8.06. The Labute approximate surface area is 106 Å². The van der Waals surface area contributed by atoms with Crippen LogP contribution in [0.5, 0.6) is 11.5 Å². The Kier molecular flexibility index (Phi) is 3.84. The van der Waals surface area contributed by atoms with E-state index in [0.29, 0.717) is 6.20 Å². The average Bonchev–Trinajstić information content (AvgIpc) is 2.08. The fourth-order valence-electron chi connectivity index (χ4n) is 0.853. The molecule has 1 aromatic rings. The second-order valence-electron chi connectivity index (χ2n) is 2.46. The lowest BCUT2D eigenvalue weighted by molar-refractivity contribution is -0.274. The third-order valence-electron chi connectivity index (χ3n) is 1.40. The van der Waals surface area contributed by atoms with E-state index in [2.05, 4.69) is 9.72 Å². The van der Waals surface area contributed by atoms with E-state index < -0.39 is 28.7 Å². The van der Waals surface area contributed by atoms with Gasteiger partial charge in [0.05, 0.1) is 6.20 Å². The minimum Gasteiger partial charge on any atom is -0.504 e. The molecule has 16 heavy (non-hydrogen) atoms. The number of nitrogens with zero attached hydrogens (tertiary/aromatic N) is 1. The Balaban J connectivity index is 3.29. The summed E-state index contributed by atoms with van der Waals surface area (Å²) in [5.41, 5.74) is -0.765. The molecule has 0 aromatic carbocycles. The SMILES string of the molecule is O=C(Cl)c1c(OC(F)(F)F)cnc(I)c1O. The lowest BCUT2D eigenvalue weighted by Crippen LogP contribution is -2.19. The molecule has 0 fully saturated rings. The summed E-state index contributed by atoms with van der Waals surface area (Å²) in [4.78, 5) is 14.3. The van der Waals surface area contributed by atoms with E-state index in [1.165, 1.54) is 22.6 Å². The molecule has 0 aliphatic heterocycles. The predicted molar refractivity (Wildman–Crippen MR) is 55.5 cm³/mol. The number of carbonyl (C=O) groups excluding carboxylic acids is 1. The van der Waals surface area contributed by atoms with Gasteiger partial charge < -0.3 is 9.84 Å². The topological polar surface area (TPSA) is 59.4 Å². The number of halogens is 5. The van der Waals surface area contributed by atoms with Crippen LogP contribution in [0.3, 0.4) is 0 Å². The molecule has 1 aromatic heterocycles. The van der Waals surface area contributed by atoms with Crippen molar-refractivity contribution in [3.8, 4) is 11.5 Å². The summed E-state index contributed by atoms with van der Waals surface area (Å²) in [6.07, 6.45) is -4.34. The van der Waals surface area contributed by atoms with Crippen molar-refractivity contribution in [1.29, 1.82) is 0 Å². The van der Waals surface area contributed by atoms with Gasteiger partial charge in [0.2, 0.25) is 0 Å². The molecule has 0 spiro atoms.